The number of methoxy groups -OCH3 is 2. The number of aryl methyl sites for hydroxylation is 2. The van der Waals surface area contributed by atoms with E-state index in [0.717, 1.165) is 24.3 Å². The zero-order valence-electron chi connectivity index (χ0n) is 12.9. The summed E-state index contributed by atoms with van der Waals surface area (Å²) >= 11 is 5.33. The fourth-order valence-electron chi connectivity index (χ4n) is 1.78. The van der Waals surface area contributed by atoms with Crippen molar-refractivity contribution in [3.63, 3.8) is 0 Å². The minimum atomic E-state index is -0.624. The number of nitrogens with one attached hydrogen (secondary N) is 1. The summed E-state index contributed by atoms with van der Waals surface area (Å²) < 4.78 is 10.6. The number of benzene rings is 1. The molecule has 0 aromatic heterocycles. The highest BCUT2D eigenvalue weighted by atomic mass is 32.1. The zero-order valence-corrected chi connectivity index (χ0v) is 13.7. The standard InChI is InChI=1S/C16H25NO2S/c1-13-8-10-14(11-9-13)6-5-7-15(20)17-12-16(2,18-3)19-4/h8-11H,5-7,12H2,1-4H3,(H,17,20). The smallest absolute Gasteiger partial charge is 0.182 e. The molecule has 0 radical (unpaired) electrons. The lowest BCUT2D eigenvalue weighted by Gasteiger charge is -2.27. The van der Waals surface area contributed by atoms with E-state index in [0.29, 0.717) is 6.54 Å². The van der Waals surface area contributed by atoms with Crippen molar-refractivity contribution in [2.45, 2.75) is 38.9 Å². The number of ether oxygens (including phenoxy) is 2. The van der Waals surface area contributed by atoms with Crippen molar-refractivity contribution in [3.05, 3.63) is 35.4 Å². The topological polar surface area (TPSA) is 30.5 Å². The second-order valence-corrected chi connectivity index (χ2v) is 5.65. The lowest BCUT2D eigenvalue weighted by molar-refractivity contribution is -0.187. The van der Waals surface area contributed by atoms with Crippen LogP contribution in [0.5, 0.6) is 0 Å². The van der Waals surface area contributed by atoms with Gasteiger partial charge in [-0.2, -0.15) is 0 Å². The third kappa shape index (κ3) is 5.99. The van der Waals surface area contributed by atoms with Gasteiger partial charge in [-0.1, -0.05) is 42.0 Å². The predicted octanol–water partition coefficient (Wildman–Crippen LogP) is 3.24. The molecule has 1 N–H and O–H groups in total. The summed E-state index contributed by atoms with van der Waals surface area (Å²) in [6, 6.07) is 8.65. The first-order chi connectivity index (χ1) is 9.49. The fraction of sp³-hybridized carbons (Fsp3) is 0.562. The highest BCUT2D eigenvalue weighted by molar-refractivity contribution is 7.80. The summed E-state index contributed by atoms with van der Waals surface area (Å²) in [4.78, 5) is 0.859. The molecule has 1 rings (SSSR count). The van der Waals surface area contributed by atoms with E-state index in [1.807, 2.05) is 6.92 Å². The molecule has 0 aliphatic carbocycles. The predicted molar refractivity (Wildman–Crippen MR) is 87.1 cm³/mol. The normalized spacial score (nSPS) is 11.4. The minimum Gasteiger partial charge on any atom is -0.374 e. The Morgan fingerprint density at radius 3 is 2.35 bits per heavy atom. The summed E-state index contributed by atoms with van der Waals surface area (Å²) in [7, 11) is 3.26. The Balaban J connectivity index is 2.25. The number of rotatable bonds is 8. The molecule has 3 nitrogen and oxygen atoms in total. The maximum atomic E-state index is 5.33. The molecule has 1 aromatic rings. The van der Waals surface area contributed by atoms with E-state index in [9.17, 15) is 0 Å². The van der Waals surface area contributed by atoms with Crippen molar-refractivity contribution in [2.24, 2.45) is 0 Å². The van der Waals surface area contributed by atoms with Crippen LogP contribution in [-0.4, -0.2) is 31.5 Å². The molecule has 0 spiro atoms. The van der Waals surface area contributed by atoms with Gasteiger partial charge in [-0.3, -0.25) is 0 Å². The van der Waals surface area contributed by atoms with Crippen LogP contribution >= 0.6 is 12.2 Å². The molecule has 4 heteroatoms. The molecule has 1 aromatic carbocycles. The van der Waals surface area contributed by atoms with Crippen molar-refractivity contribution < 1.29 is 9.47 Å². The van der Waals surface area contributed by atoms with Gasteiger partial charge in [0.2, 0.25) is 0 Å². The lowest BCUT2D eigenvalue weighted by Crippen LogP contribution is -2.43. The van der Waals surface area contributed by atoms with E-state index in [-0.39, 0.29) is 0 Å². The SMILES string of the molecule is COC(C)(CNC(=S)CCCc1ccc(C)cc1)OC. The van der Waals surface area contributed by atoms with Crippen LogP contribution in [0.2, 0.25) is 0 Å². The Morgan fingerprint density at radius 2 is 1.80 bits per heavy atom. The van der Waals surface area contributed by atoms with Crippen molar-refractivity contribution in [2.75, 3.05) is 20.8 Å². The Hall–Kier alpha value is -0.970. The Kier molecular flexibility index (Phi) is 7.13. The van der Waals surface area contributed by atoms with Crippen LogP contribution in [0.1, 0.15) is 30.9 Å². The molecule has 0 saturated heterocycles. The maximum Gasteiger partial charge on any atom is 0.182 e. The summed E-state index contributed by atoms with van der Waals surface area (Å²) in [5.41, 5.74) is 2.65. The molecule has 0 aliphatic rings. The molecular formula is C16H25NO2S. The highest BCUT2D eigenvalue weighted by Gasteiger charge is 2.22. The van der Waals surface area contributed by atoms with Gasteiger partial charge in [-0.15, -0.1) is 0 Å². The van der Waals surface area contributed by atoms with E-state index in [2.05, 4.69) is 36.5 Å². The lowest BCUT2D eigenvalue weighted by atomic mass is 10.1. The van der Waals surface area contributed by atoms with Gasteiger partial charge in [0.25, 0.3) is 0 Å². The highest BCUT2D eigenvalue weighted by Crippen LogP contribution is 2.09. The zero-order chi connectivity index (χ0) is 15.0. The van der Waals surface area contributed by atoms with Crippen LogP contribution in [0, 0.1) is 6.92 Å². The number of thiocarbonyl (C=S) groups is 1. The first-order valence-corrected chi connectivity index (χ1v) is 7.32. The van der Waals surface area contributed by atoms with Crippen LogP contribution in [-0.2, 0) is 15.9 Å². The molecule has 0 atom stereocenters. The minimum absolute atomic E-state index is 0.559. The van der Waals surface area contributed by atoms with Crippen molar-refractivity contribution in [3.8, 4) is 0 Å². The molecule has 112 valence electrons. The van der Waals surface area contributed by atoms with E-state index in [4.69, 9.17) is 21.7 Å². The van der Waals surface area contributed by atoms with Gasteiger partial charge in [-0.05, 0) is 38.7 Å². The van der Waals surface area contributed by atoms with Gasteiger partial charge in [0.05, 0.1) is 11.5 Å². The molecule has 0 amide bonds. The van der Waals surface area contributed by atoms with Crippen molar-refractivity contribution >= 4 is 17.2 Å². The van der Waals surface area contributed by atoms with Crippen molar-refractivity contribution in [1.82, 2.24) is 5.32 Å². The van der Waals surface area contributed by atoms with Crippen LogP contribution in [0.4, 0.5) is 0 Å². The van der Waals surface area contributed by atoms with Gasteiger partial charge in [0, 0.05) is 14.2 Å². The fourth-order valence-corrected chi connectivity index (χ4v) is 2.00. The maximum absolute atomic E-state index is 5.33. The molecule has 0 saturated carbocycles. The Labute approximate surface area is 127 Å². The van der Waals surface area contributed by atoms with Crippen molar-refractivity contribution in [1.29, 1.82) is 0 Å². The summed E-state index contributed by atoms with van der Waals surface area (Å²) in [5, 5.41) is 3.20. The molecule has 0 heterocycles. The van der Waals surface area contributed by atoms with Gasteiger partial charge in [-0.25, -0.2) is 0 Å². The van der Waals surface area contributed by atoms with Crippen LogP contribution in [0.3, 0.4) is 0 Å². The third-order valence-corrected chi connectivity index (χ3v) is 3.81. The Morgan fingerprint density at radius 1 is 1.20 bits per heavy atom. The largest absolute Gasteiger partial charge is 0.374 e. The average molecular weight is 295 g/mol. The van der Waals surface area contributed by atoms with Gasteiger partial charge >= 0.3 is 0 Å². The third-order valence-electron chi connectivity index (χ3n) is 3.46. The Bertz CT molecular complexity index is 413. The van der Waals surface area contributed by atoms with Crippen LogP contribution < -0.4 is 5.32 Å². The van der Waals surface area contributed by atoms with E-state index >= 15 is 0 Å². The van der Waals surface area contributed by atoms with Gasteiger partial charge < -0.3 is 14.8 Å². The number of hydrogen-bond donors (Lipinski definition) is 1. The molecule has 0 unspecified atom stereocenters. The molecule has 0 bridgehead atoms. The quantitative estimate of drug-likeness (QED) is 0.589. The van der Waals surface area contributed by atoms with Gasteiger partial charge in [0.1, 0.15) is 0 Å². The van der Waals surface area contributed by atoms with E-state index < -0.39 is 5.79 Å². The van der Waals surface area contributed by atoms with E-state index in [1.165, 1.54) is 11.1 Å². The molecule has 0 aliphatic heterocycles. The van der Waals surface area contributed by atoms with Crippen LogP contribution in [0.25, 0.3) is 0 Å². The van der Waals surface area contributed by atoms with E-state index in [1.54, 1.807) is 14.2 Å². The first-order valence-electron chi connectivity index (χ1n) is 6.91. The summed E-state index contributed by atoms with van der Waals surface area (Å²) in [6.07, 6.45) is 2.98. The molecule has 20 heavy (non-hydrogen) atoms. The average Bonchev–Trinajstić information content (AvgIpc) is 2.47. The summed E-state index contributed by atoms with van der Waals surface area (Å²) in [6.45, 7) is 4.55. The summed E-state index contributed by atoms with van der Waals surface area (Å²) in [5.74, 6) is -0.624. The second-order valence-electron chi connectivity index (χ2n) is 5.16. The van der Waals surface area contributed by atoms with Crippen LogP contribution in [0.15, 0.2) is 24.3 Å². The first kappa shape index (κ1) is 17.1. The monoisotopic (exact) mass is 295 g/mol. The molecular weight excluding hydrogens is 270 g/mol. The second kappa shape index (κ2) is 8.35. The van der Waals surface area contributed by atoms with Gasteiger partial charge in [0.15, 0.2) is 5.79 Å². The number of hydrogen-bond acceptors (Lipinski definition) is 3. The molecule has 0 fully saturated rings.